The predicted octanol–water partition coefficient (Wildman–Crippen LogP) is 5.14. The number of nitrogens with two attached hydrogens (primary N) is 1. The molecule has 5 N–H and O–H groups in total. The highest BCUT2D eigenvalue weighted by Crippen LogP contribution is 2.34. The number of hydrogen-bond acceptors (Lipinski definition) is 8. The minimum Gasteiger partial charge on any atom is -0.462 e. The Morgan fingerprint density at radius 3 is 1.86 bits per heavy atom. The molecule has 0 spiro atoms. The van der Waals surface area contributed by atoms with E-state index in [9.17, 15) is 28.8 Å². The maximum Gasteiger partial charge on any atom is 0.315 e. The Hall–Kier alpha value is -2.54. The number of amides is 5. The van der Waals surface area contributed by atoms with Crippen LogP contribution in [0.5, 0.6) is 0 Å². The van der Waals surface area contributed by atoms with Gasteiger partial charge in [0.25, 0.3) is 18.2 Å². The molecule has 3 unspecified atom stereocenters. The van der Waals surface area contributed by atoms with E-state index >= 15 is 0 Å². The Bertz CT molecular complexity index is 1120. The Labute approximate surface area is 303 Å². The standard InChI is InChI=1S/C25H43N5O5S.C5H11Cl.C5H10O2/c1-14-11-16(20(33)29-21(17(31)19(26)32)36-15-9-8-10-15)30(12-14)22(34)18(25(5,6)7)28-23(35)27-13-24(2,3)4;1-4-5(2,3)6;1-5(2,3)7-4-6/h14-16,18,21H,8-13H2,1-7H3,(H2,26,32)(H,29,33)(H2,27,28,35);4H2,1-3H3;4H,1-3H3/t14?,16-,18?,21?;;/m0../s1. The predicted molar refractivity (Wildman–Crippen MR) is 197 cm³/mol. The highest BCUT2D eigenvalue weighted by Gasteiger charge is 2.45. The van der Waals surface area contributed by atoms with Gasteiger partial charge in [-0.3, -0.25) is 24.0 Å². The van der Waals surface area contributed by atoms with Gasteiger partial charge in [0, 0.05) is 23.2 Å². The fourth-order valence-corrected chi connectivity index (χ4v) is 5.65. The molecule has 0 radical (unpaired) electrons. The van der Waals surface area contributed by atoms with Gasteiger partial charge in [-0.1, -0.05) is 61.8 Å². The molecule has 2 aliphatic rings. The van der Waals surface area contributed by atoms with Crippen LogP contribution in [0.3, 0.4) is 0 Å². The van der Waals surface area contributed by atoms with E-state index in [0.29, 0.717) is 26.0 Å². The van der Waals surface area contributed by atoms with E-state index in [2.05, 4.69) is 27.6 Å². The third-order valence-corrected chi connectivity index (χ3v) is 9.37. The molecule has 49 heavy (non-hydrogen) atoms. The van der Waals surface area contributed by atoms with Crippen molar-refractivity contribution in [3.05, 3.63) is 0 Å². The number of hydrogen-bond donors (Lipinski definition) is 4. The summed E-state index contributed by atoms with van der Waals surface area (Å²) in [5.41, 5.74) is 4.16. The molecule has 0 aromatic carbocycles. The second-order valence-corrected chi connectivity index (χ2v) is 19.2. The molecule has 12 nitrogen and oxygen atoms in total. The average molecular weight is 734 g/mol. The van der Waals surface area contributed by atoms with Crippen LogP contribution in [-0.4, -0.2) is 87.2 Å². The van der Waals surface area contributed by atoms with Crippen molar-refractivity contribution >= 4 is 59.4 Å². The number of primary amides is 1. The highest BCUT2D eigenvalue weighted by molar-refractivity contribution is 8.01. The van der Waals surface area contributed by atoms with Gasteiger partial charge in [-0.05, 0) is 77.0 Å². The first kappa shape index (κ1) is 46.5. The number of carbonyl (C=O) groups excluding carboxylic acids is 6. The van der Waals surface area contributed by atoms with Crippen LogP contribution in [0.2, 0.25) is 0 Å². The summed E-state index contributed by atoms with van der Waals surface area (Å²) in [7, 11) is 0. The summed E-state index contributed by atoms with van der Waals surface area (Å²) in [4.78, 5) is 74.7. The largest absolute Gasteiger partial charge is 0.462 e. The third kappa shape index (κ3) is 19.4. The summed E-state index contributed by atoms with van der Waals surface area (Å²) in [6, 6.07) is -2.14. The number of alkyl halides is 1. The normalized spacial score (nSPS) is 19.3. The molecule has 1 aliphatic carbocycles. The second kappa shape index (κ2) is 19.7. The number of nitrogens with one attached hydrogen (secondary N) is 3. The maximum absolute atomic E-state index is 13.7. The lowest BCUT2D eigenvalue weighted by molar-refractivity contribution is -0.142. The van der Waals surface area contributed by atoms with Gasteiger partial charge in [0.15, 0.2) is 0 Å². The Kier molecular flexibility index (Phi) is 18.7. The monoisotopic (exact) mass is 733 g/mol. The zero-order chi connectivity index (χ0) is 38.5. The maximum atomic E-state index is 13.7. The van der Waals surface area contributed by atoms with E-state index in [1.54, 1.807) is 0 Å². The van der Waals surface area contributed by atoms with Crippen molar-refractivity contribution in [1.82, 2.24) is 20.9 Å². The van der Waals surface area contributed by atoms with Gasteiger partial charge in [-0.2, -0.15) is 0 Å². The highest BCUT2D eigenvalue weighted by atomic mass is 35.5. The van der Waals surface area contributed by atoms with Gasteiger partial charge in [0.2, 0.25) is 11.8 Å². The Morgan fingerprint density at radius 2 is 1.51 bits per heavy atom. The molecule has 14 heteroatoms. The number of halogens is 1. The van der Waals surface area contributed by atoms with Gasteiger partial charge < -0.3 is 31.3 Å². The summed E-state index contributed by atoms with van der Waals surface area (Å²) in [6.07, 6.45) is 4.30. The quantitative estimate of drug-likeness (QED) is 0.0977. The lowest BCUT2D eigenvalue weighted by Crippen LogP contribution is -2.60. The number of rotatable bonds is 11. The molecule has 1 aliphatic heterocycles. The number of thioether (sulfide) groups is 1. The number of urea groups is 1. The first-order chi connectivity index (χ1) is 22.1. The number of likely N-dealkylation sites (tertiary alicyclic amines) is 1. The summed E-state index contributed by atoms with van der Waals surface area (Å²) < 4.78 is 4.55. The minimum absolute atomic E-state index is 0.0139. The fraction of sp³-hybridized carbons (Fsp3) is 0.829. The zero-order valence-electron chi connectivity index (χ0n) is 32.1. The average Bonchev–Trinajstić information content (AvgIpc) is 3.31. The summed E-state index contributed by atoms with van der Waals surface area (Å²) >= 11 is 6.96. The van der Waals surface area contributed by atoms with Crippen molar-refractivity contribution < 1.29 is 33.5 Å². The summed E-state index contributed by atoms with van der Waals surface area (Å²) in [6.45, 7) is 26.3. The van der Waals surface area contributed by atoms with Crippen molar-refractivity contribution in [2.75, 3.05) is 13.1 Å². The van der Waals surface area contributed by atoms with Crippen LogP contribution in [0.4, 0.5) is 4.79 Å². The molecule has 5 amide bonds. The van der Waals surface area contributed by atoms with Crippen LogP contribution >= 0.6 is 23.4 Å². The molecule has 0 bridgehead atoms. The molecule has 2 rings (SSSR count). The number of ketones is 1. The minimum atomic E-state index is -1.10. The van der Waals surface area contributed by atoms with Crippen LogP contribution in [-0.2, 0) is 28.7 Å². The van der Waals surface area contributed by atoms with Gasteiger partial charge in [0.1, 0.15) is 23.1 Å². The third-order valence-electron chi connectivity index (χ3n) is 7.64. The summed E-state index contributed by atoms with van der Waals surface area (Å²) in [5, 5.41) is 7.40. The molecule has 1 heterocycles. The summed E-state index contributed by atoms with van der Waals surface area (Å²) in [5.74, 6) is -2.76. The van der Waals surface area contributed by atoms with Gasteiger partial charge in [0.05, 0.1) is 0 Å². The van der Waals surface area contributed by atoms with Crippen molar-refractivity contribution in [2.24, 2.45) is 22.5 Å². The smallest absolute Gasteiger partial charge is 0.315 e. The van der Waals surface area contributed by atoms with E-state index in [-0.39, 0.29) is 33.0 Å². The van der Waals surface area contributed by atoms with E-state index in [1.165, 1.54) is 16.7 Å². The molecule has 2 fully saturated rings. The molecule has 0 aromatic rings. The van der Waals surface area contributed by atoms with Crippen molar-refractivity contribution in [2.45, 2.75) is 155 Å². The van der Waals surface area contributed by atoms with Gasteiger partial charge in [-0.25, -0.2) is 4.79 Å². The second-order valence-electron chi connectivity index (χ2n) is 16.7. The molecule has 1 saturated carbocycles. The Morgan fingerprint density at radius 1 is 0.980 bits per heavy atom. The van der Waals surface area contributed by atoms with Crippen LogP contribution in [0.15, 0.2) is 0 Å². The first-order valence-electron chi connectivity index (χ1n) is 17.1. The van der Waals surface area contributed by atoms with E-state index < -0.39 is 46.5 Å². The van der Waals surface area contributed by atoms with Crippen molar-refractivity contribution in [3.63, 3.8) is 0 Å². The first-order valence-corrected chi connectivity index (χ1v) is 18.4. The van der Waals surface area contributed by atoms with Gasteiger partial charge in [-0.15, -0.1) is 23.4 Å². The zero-order valence-corrected chi connectivity index (χ0v) is 33.7. The van der Waals surface area contributed by atoms with Gasteiger partial charge >= 0.3 is 6.03 Å². The molecule has 0 aromatic heterocycles. The SMILES string of the molecule is CC(C)(C)OC=O.CC1C[C@@H](C(=O)NC(SC2CCC2)C(=O)C(N)=O)N(C(=O)C(NC(=O)NCC(C)(C)C)C(C)(C)C)C1.CCC(C)(C)Cl. The lowest BCUT2D eigenvalue weighted by Gasteiger charge is -2.36. The topological polar surface area (TPSA) is 177 Å². The van der Waals surface area contributed by atoms with E-state index in [4.69, 9.17) is 17.3 Å². The molecular formula is C35H64ClN5O7S. The van der Waals surface area contributed by atoms with Crippen LogP contribution in [0.1, 0.15) is 122 Å². The number of ether oxygens (including phenoxy) is 1. The fourth-order valence-electron chi connectivity index (χ4n) is 4.24. The molecule has 1 saturated heterocycles. The molecule has 284 valence electrons. The number of nitrogens with zero attached hydrogens (tertiary/aromatic N) is 1. The van der Waals surface area contributed by atoms with Crippen LogP contribution in [0, 0.1) is 16.7 Å². The van der Waals surface area contributed by atoms with E-state index in [0.717, 1.165) is 25.7 Å². The Balaban J connectivity index is 0.00000149. The van der Waals surface area contributed by atoms with Crippen molar-refractivity contribution in [1.29, 1.82) is 0 Å². The van der Waals surface area contributed by atoms with Crippen LogP contribution < -0.4 is 21.7 Å². The van der Waals surface area contributed by atoms with E-state index in [1.807, 2.05) is 83.1 Å². The molecular weight excluding hydrogens is 670 g/mol. The van der Waals surface area contributed by atoms with Crippen molar-refractivity contribution in [3.8, 4) is 0 Å². The lowest BCUT2D eigenvalue weighted by atomic mass is 9.85. The molecule has 4 atom stereocenters. The number of Topliss-reactive ketones (excluding diaryl/α,β-unsaturated/α-hetero) is 1. The van der Waals surface area contributed by atoms with Crippen LogP contribution in [0.25, 0.3) is 0 Å². The number of carbonyl (C=O) groups is 6.